The fourth-order valence-corrected chi connectivity index (χ4v) is 1.22. The van der Waals surface area contributed by atoms with E-state index in [-0.39, 0.29) is 12.7 Å². The van der Waals surface area contributed by atoms with Gasteiger partial charge in [0.25, 0.3) is 0 Å². The lowest BCUT2D eigenvalue weighted by molar-refractivity contribution is 0.159. The molecule has 0 aromatic heterocycles. The van der Waals surface area contributed by atoms with Crippen LogP contribution in [-0.4, -0.2) is 43.8 Å². The van der Waals surface area contributed by atoms with Crippen LogP contribution in [-0.2, 0) is 0 Å². The Hall–Kier alpha value is -0.150. The third-order valence-electron chi connectivity index (χ3n) is 2.00. The second kappa shape index (κ2) is 3.88. The van der Waals surface area contributed by atoms with E-state index < -0.39 is 0 Å². The summed E-state index contributed by atoms with van der Waals surface area (Å²) in [6.07, 6.45) is 0. The van der Waals surface area contributed by atoms with Crippen LogP contribution in [0.15, 0.2) is 0 Å². The highest BCUT2D eigenvalue weighted by atomic mass is 19.1. The summed E-state index contributed by atoms with van der Waals surface area (Å²) in [6, 6.07) is 0.113. The zero-order valence-electron chi connectivity index (χ0n) is 6.44. The van der Waals surface area contributed by atoms with Crippen LogP contribution in [0, 0.1) is 0 Å². The van der Waals surface area contributed by atoms with E-state index in [1.165, 1.54) is 0 Å². The third-order valence-corrected chi connectivity index (χ3v) is 2.00. The van der Waals surface area contributed by atoms with Crippen LogP contribution in [0.3, 0.4) is 0 Å². The maximum absolute atomic E-state index is 12.1. The molecule has 1 fully saturated rings. The molecule has 60 valence electrons. The number of rotatable bonds is 2. The largest absolute Gasteiger partial charge is 0.314 e. The van der Waals surface area contributed by atoms with Crippen molar-refractivity contribution in [2.75, 3.05) is 32.9 Å². The summed E-state index contributed by atoms with van der Waals surface area (Å²) in [5.74, 6) is 0. The van der Waals surface area contributed by atoms with E-state index in [1.807, 2.05) is 6.92 Å². The predicted octanol–water partition coefficient (Wildman–Crippen LogP) is 0.250. The molecule has 2 nitrogen and oxygen atoms in total. The van der Waals surface area contributed by atoms with E-state index in [9.17, 15) is 4.39 Å². The van der Waals surface area contributed by atoms with Gasteiger partial charge in [0.2, 0.25) is 0 Å². The van der Waals surface area contributed by atoms with Crippen molar-refractivity contribution in [1.82, 2.24) is 10.2 Å². The van der Waals surface area contributed by atoms with Gasteiger partial charge >= 0.3 is 0 Å². The summed E-state index contributed by atoms with van der Waals surface area (Å²) in [5, 5.41) is 3.23. The number of nitrogens with one attached hydrogen (secondary N) is 1. The molecule has 10 heavy (non-hydrogen) atoms. The van der Waals surface area contributed by atoms with Crippen molar-refractivity contribution in [2.24, 2.45) is 0 Å². The molecule has 0 radical (unpaired) electrons. The van der Waals surface area contributed by atoms with Crippen LogP contribution in [0.2, 0.25) is 0 Å². The molecular weight excluding hydrogens is 131 g/mol. The Morgan fingerprint density at radius 1 is 1.50 bits per heavy atom. The lowest BCUT2D eigenvalue weighted by atomic mass is 10.2. The van der Waals surface area contributed by atoms with Gasteiger partial charge in [-0.2, -0.15) is 0 Å². The van der Waals surface area contributed by atoms with Crippen molar-refractivity contribution >= 4 is 0 Å². The molecule has 1 rings (SSSR count). The van der Waals surface area contributed by atoms with Crippen LogP contribution in [0.5, 0.6) is 0 Å². The van der Waals surface area contributed by atoms with Gasteiger partial charge in [0.05, 0.1) is 0 Å². The van der Waals surface area contributed by atoms with E-state index in [0.29, 0.717) is 0 Å². The highest BCUT2D eigenvalue weighted by molar-refractivity contribution is 4.72. The standard InChI is InChI=1S/C7H15FN2/c1-7(6-8)10-4-2-9-3-5-10/h7,9H,2-6H2,1H3. The molecule has 3 heteroatoms. The lowest BCUT2D eigenvalue weighted by Gasteiger charge is -2.31. The molecule has 1 atom stereocenters. The van der Waals surface area contributed by atoms with E-state index in [4.69, 9.17) is 0 Å². The van der Waals surface area contributed by atoms with Gasteiger partial charge in [0.1, 0.15) is 6.67 Å². The minimum atomic E-state index is -0.222. The molecule has 1 N–H and O–H groups in total. The van der Waals surface area contributed by atoms with Crippen LogP contribution >= 0.6 is 0 Å². The molecule has 0 bridgehead atoms. The number of halogens is 1. The maximum atomic E-state index is 12.1. The predicted molar refractivity (Wildman–Crippen MR) is 39.9 cm³/mol. The zero-order valence-corrected chi connectivity index (χ0v) is 6.44. The van der Waals surface area contributed by atoms with Gasteiger partial charge in [-0.3, -0.25) is 4.90 Å². The summed E-state index contributed by atoms with van der Waals surface area (Å²) >= 11 is 0. The highest BCUT2D eigenvalue weighted by Gasteiger charge is 2.14. The number of nitrogens with zero attached hydrogens (tertiary/aromatic N) is 1. The van der Waals surface area contributed by atoms with Gasteiger partial charge in [-0.05, 0) is 6.92 Å². The van der Waals surface area contributed by atoms with Crippen LogP contribution < -0.4 is 5.32 Å². The maximum Gasteiger partial charge on any atom is 0.105 e. The smallest absolute Gasteiger partial charge is 0.105 e. The molecule has 1 saturated heterocycles. The van der Waals surface area contributed by atoms with Crippen molar-refractivity contribution in [2.45, 2.75) is 13.0 Å². The number of piperazine rings is 1. The zero-order chi connectivity index (χ0) is 7.40. The fraction of sp³-hybridized carbons (Fsp3) is 1.00. The van der Waals surface area contributed by atoms with Crippen molar-refractivity contribution in [3.63, 3.8) is 0 Å². The first-order valence-electron chi connectivity index (χ1n) is 3.85. The van der Waals surface area contributed by atoms with Crippen LogP contribution in [0.4, 0.5) is 4.39 Å². The summed E-state index contributed by atoms with van der Waals surface area (Å²) < 4.78 is 12.1. The Morgan fingerprint density at radius 2 is 2.10 bits per heavy atom. The Balaban J connectivity index is 2.24. The second-order valence-corrected chi connectivity index (χ2v) is 2.79. The average Bonchev–Trinajstić information content (AvgIpc) is 2.05. The number of hydrogen-bond donors (Lipinski definition) is 1. The van der Waals surface area contributed by atoms with E-state index in [0.717, 1.165) is 26.2 Å². The first kappa shape index (κ1) is 7.95. The Morgan fingerprint density at radius 3 is 2.60 bits per heavy atom. The third kappa shape index (κ3) is 1.92. The molecule has 0 aromatic rings. The summed E-state index contributed by atoms with van der Waals surface area (Å²) in [4.78, 5) is 2.18. The first-order valence-corrected chi connectivity index (χ1v) is 3.85. The second-order valence-electron chi connectivity index (χ2n) is 2.79. The lowest BCUT2D eigenvalue weighted by Crippen LogP contribution is -2.48. The van der Waals surface area contributed by atoms with Crippen molar-refractivity contribution < 1.29 is 4.39 Å². The minimum absolute atomic E-state index is 0.113. The monoisotopic (exact) mass is 146 g/mol. The molecule has 1 aliphatic rings. The molecule has 0 amide bonds. The highest BCUT2D eigenvalue weighted by Crippen LogP contribution is 2.00. The number of hydrogen-bond acceptors (Lipinski definition) is 2. The first-order chi connectivity index (χ1) is 4.84. The van der Waals surface area contributed by atoms with E-state index in [1.54, 1.807) is 0 Å². The van der Waals surface area contributed by atoms with Gasteiger partial charge in [0, 0.05) is 32.2 Å². The fourth-order valence-electron chi connectivity index (χ4n) is 1.22. The van der Waals surface area contributed by atoms with Gasteiger partial charge in [-0.1, -0.05) is 0 Å². The Labute approximate surface area is 61.4 Å². The topological polar surface area (TPSA) is 15.3 Å². The molecular formula is C7H15FN2. The molecule has 1 heterocycles. The summed E-state index contributed by atoms with van der Waals surface area (Å²) in [5.41, 5.74) is 0. The van der Waals surface area contributed by atoms with Crippen molar-refractivity contribution in [1.29, 1.82) is 0 Å². The van der Waals surface area contributed by atoms with Crippen molar-refractivity contribution in [3.05, 3.63) is 0 Å². The average molecular weight is 146 g/mol. The van der Waals surface area contributed by atoms with Crippen molar-refractivity contribution in [3.8, 4) is 0 Å². The normalized spacial score (nSPS) is 24.6. The van der Waals surface area contributed by atoms with Crippen LogP contribution in [0.1, 0.15) is 6.92 Å². The molecule has 0 spiro atoms. The van der Waals surface area contributed by atoms with Gasteiger partial charge < -0.3 is 5.32 Å². The molecule has 1 unspecified atom stereocenters. The van der Waals surface area contributed by atoms with E-state index >= 15 is 0 Å². The quantitative estimate of drug-likeness (QED) is 0.600. The van der Waals surface area contributed by atoms with Gasteiger partial charge in [0.15, 0.2) is 0 Å². The summed E-state index contributed by atoms with van der Waals surface area (Å²) in [7, 11) is 0. The molecule has 1 aliphatic heterocycles. The van der Waals surface area contributed by atoms with Crippen LogP contribution in [0.25, 0.3) is 0 Å². The molecule has 0 aliphatic carbocycles. The molecule has 0 aromatic carbocycles. The van der Waals surface area contributed by atoms with E-state index in [2.05, 4.69) is 10.2 Å². The minimum Gasteiger partial charge on any atom is -0.314 e. The number of alkyl halides is 1. The van der Waals surface area contributed by atoms with Gasteiger partial charge in [-0.25, -0.2) is 4.39 Å². The Kier molecular flexibility index (Phi) is 3.09. The molecule has 0 saturated carbocycles. The summed E-state index contributed by atoms with van der Waals surface area (Å²) in [6.45, 7) is 5.70. The SMILES string of the molecule is CC(CF)N1CCNCC1. The van der Waals surface area contributed by atoms with Gasteiger partial charge in [-0.15, -0.1) is 0 Å². The Bertz CT molecular complexity index is 91.6.